The van der Waals surface area contributed by atoms with Crippen molar-refractivity contribution < 1.29 is 14.5 Å². The highest BCUT2D eigenvalue weighted by molar-refractivity contribution is 6.56. The second kappa shape index (κ2) is 2.20. The normalized spacial score (nSPS) is 9.56. The van der Waals surface area contributed by atoms with Gasteiger partial charge in [0, 0.05) is 0 Å². The van der Waals surface area contributed by atoms with Gasteiger partial charge in [0.1, 0.15) is 0 Å². The second-order valence-corrected chi connectivity index (χ2v) is 1.35. The van der Waals surface area contributed by atoms with Crippen molar-refractivity contribution in [1.82, 2.24) is 10.2 Å². The molecule has 5 nitrogen and oxygen atoms in total. The highest BCUT2D eigenvalue weighted by atomic mass is 16.4. The first-order valence-corrected chi connectivity index (χ1v) is 2.15. The molecule has 0 saturated carbocycles. The van der Waals surface area contributed by atoms with E-state index in [4.69, 9.17) is 17.9 Å². The van der Waals surface area contributed by atoms with Crippen LogP contribution in [0.15, 0.2) is 4.42 Å². The van der Waals surface area contributed by atoms with Gasteiger partial charge >= 0.3 is 7.12 Å². The minimum absolute atomic E-state index is 0.182. The molecule has 1 aromatic heterocycles. The van der Waals surface area contributed by atoms with Crippen LogP contribution in [0.1, 0.15) is 0 Å². The van der Waals surface area contributed by atoms with Crippen LogP contribution in [0.4, 0.5) is 0 Å². The lowest BCUT2D eigenvalue weighted by Crippen LogP contribution is -2.31. The summed E-state index contributed by atoms with van der Waals surface area (Å²) in [6, 6.07) is 0. The highest BCUT2D eigenvalue weighted by Gasteiger charge is 2.17. The molecule has 0 aromatic carbocycles. The molecule has 2 N–H and O–H groups in total. The topological polar surface area (TPSA) is 79.4 Å². The summed E-state index contributed by atoms with van der Waals surface area (Å²) in [5.74, 6) is -0.481. The third-order valence-corrected chi connectivity index (χ3v) is 0.677. The molecule has 0 aliphatic carbocycles. The first-order chi connectivity index (χ1) is 4.20. The van der Waals surface area contributed by atoms with Gasteiger partial charge in [-0.25, -0.2) is 0 Å². The molecule has 1 aromatic rings. The Hall–Kier alpha value is -0.810. The Morgan fingerprint density at radius 3 is 2.33 bits per heavy atom. The van der Waals surface area contributed by atoms with Crippen LogP contribution in [0.2, 0.25) is 0 Å². The molecule has 0 atom stereocenters. The lowest BCUT2D eigenvalue weighted by Gasteiger charge is -1.84. The van der Waals surface area contributed by atoms with Crippen LogP contribution in [0.5, 0.6) is 0 Å². The summed E-state index contributed by atoms with van der Waals surface area (Å²) < 4.78 is 4.40. The lowest BCUT2D eigenvalue weighted by molar-refractivity contribution is 0.409. The van der Waals surface area contributed by atoms with Crippen LogP contribution in [-0.4, -0.2) is 35.2 Å². The predicted octanol–water partition coefficient (Wildman–Crippen LogP) is -3.46. The third-order valence-electron chi connectivity index (χ3n) is 0.677. The molecule has 7 heteroatoms. The fourth-order valence-electron chi connectivity index (χ4n) is 0.351. The summed E-state index contributed by atoms with van der Waals surface area (Å²) in [5, 5.41) is 23.0. The van der Waals surface area contributed by atoms with Gasteiger partial charge in [-0.1, -0.05) is 0 Å². The van der Waals surface area contributed by atoms with E-state index in [1.165, 1.54) is 0 Å². The number of rotatable bonds is 1. The molecule has 0 amide bonds. The SMILES string of the molecule is [B]c1nnc(B(O)O)o1. The van der Waals surface area contributed by atoms with E-state index in [2.05, 4.69) is 14.6 Å². The average Bonchev–Trinajstić information content (AvgIpc) is 2.14. The van der Waals surface area contributed by atoms with Crippen LogP contribution >= 0.6 is 0 Å². The summed E-state index contributed by atoms with van der Waals surface area (Å²) in [7, 11) is 3.21. The molecule has 9 heavy (non-hydrogen) atoms. The largest absolute Gasteiger partial charge is 0.550 e. The van der Waals surface area contributed by atoms with Gasteiger partial charge in [0.05, 0.1) is 0 Å². The van der Waals surface area contributed by atoms with Gasteiger partial charge in [-0.3, -0.25) is 0 Å². The molecular weight excluding hydrogens is 122 g/mol. The average molecular weight is 124 g/mol. The van der Waals surface area contributed by atoms with E-state index in [-0.39, 0.29) is 11.6 Å². The zero-order valence-electron chi connectivity index (χ0n) is 4.35. The van der Waals surface area contributed by atoms with Crippen LogP contribution in [-0.2, 0) is 0 Å². The highest BCUT2D eigenvalue weighted by Crippen LogP contribution is 1.68. The first kappa shape index (κ1) is 6.31. The summed E-state index contributed by atoms with van der Waals surface area (Å²) in [4.78, 5) is 0. The van der Waals surface area contributed by atoms with E-state index in [0.29, 0.717) is 0 Å². The fraction of sp³-hybridized carbons (Fsp3) is 0. The minimum Gasteiger partial charge on any atom is -0.440 e. The molecule has 0 aliphatic rings. The molecule has 1 heterocycles. The molecule has 0 aliphatic heterocycles. The van der Waals surface area contributed by atoms with Crippen molar-refractivity contribution in [2.75, 3.05) is 0 Å². The maximum absolute atomic E-state index is 8.34. The van der Waals surface area contributed by atoms with Gasteiger partial charge in [-0.2, -0.15) is 0 Å². The number of hydrogen-bond acceptors (Lipinski definition) is 5. The fourth-order valence-corrected chi connectivity index (χ4v) is 0.351. The Kier molecular flexibility index (Phi) is 1.54. The van der Waals surface area contributed by atoms with E-state index in [9.17, 15) is 0 Å². The molecule has 0 fully saturated rings. The Bertz CT molecular complexity index is 199. The first-order valence-electron chi connectivity index (χ1n) is 2.15. The Morgan fingerprint density at radius 1 is 1.44 bits per heavy atom. The molecule has 0 saturated heterocycles. The summed E-state index contributed by atoms with van der Waals surface area (Å²) >= 11 is 0. The van der Waals surface area contributed by atoms with Crippen molar-refractivity contribution in [3.63, 3.8) is 0 Å². The number of aromatic nitrogens is 2. The van der Waals surface area contributed by atoms with Gasteiger partial charge in [-0.15, -0.1) is 10.2 Å². The van der Waals surface area contributed by atoms with Crippen molar-refractivity contribution in [3.05, 3.63) is 0 Å². The molecule has 0 unspecified atom stereocenters. The van der Waals surface area contributed by atoms with E-state index in [0.717, 1.165) is 0 Å². The van der Waals surface area contributed by atoms with Crippen molar-refractivity contribution in [2.45, 2.75) is 0 Å². The monoisotopic (exact) mass is 124 g/mol. The van der Waals surface area contributed by atoms with Gasteiger partial charge in [0.25, 0.3) is 0 Å². The van der Waals surface area contributed by atoms with Crippen molar-refractivity contribution in [3.8, 4) is 0 Å². The van der Waals surface area contributed by atoms with Crippen molar-refractivity contribution in [2.24, 2.45) is 0 Å². The van der Waals surface area contributed by atoms with Crippen molar-refractivity contribution in [1.29, 1.82) is 0 Å². The molecule has 0 bridgehead atoms. The molecule has 2 radical (unpaired) electrons. The Morgan fingerprint density at radius 2 is 2.11 bits per heavy atom. The Labute approximate surface area is 52.3 Å². The smallest absolute Gasteiger partial charge is 0.440 e. The van der Waals surface area contributed by atoms with Crippen LogP contribution in [0.25, 0.3) is 0 Å². The van der Waals surface area contributed by atoms with Crippen LogP contribution in [0.3, 0.4) is 0 Å². The summed E-state index contributed by atoms with van der Waals surface area (Å²) in [6.07, 6.45) is 0. The van der Waals surface area contributed by atoms with Crippen LogP contribution in [0, 0.1) is 0 Å². The Balaban J connectivity index is 2.85. The molecular formula is C2H2B2N2O3. The second-order valence-electron chi connectivity index (χ2n) is 1.35. The van der Waals surface area contributed by atoms with E-state index in [1.807, 2.05) is 0 Å². The third kappa shape index (κ3) is 1.30. The minimum atomic E-state index is -1.74. The molecule has 44 valence electrons. The maximum Gasteiger partial charge on any atom is 0.550 e. The van der Waals surface area contributed by atoms with Gasteiger partial charge in [0.15, 0.2) is 13.6 Å². The zero-order valence-corrected chi connectivity index (χ0v) is 4.35. The number of nitrogens with zero attached hydrogens (tertiary/aromatic N) is 2. The maximum atomic E-state index is 8.34. The summed E-state index contributed by atoms with van der Waals surface area (Å²) in [5.41, 5.74) is 0. The van der Waals surface area contributed by atoms with Crippen molar-refractivity contribution >= 4 is 26.5 Å². The quantitative estimate of drug-likeness (QED) is 0.380. The van der Waals surface area contributed by atoms with E-state index >= 15 is 0 Å². The van der Waals surface area contributed by atoms with E-state index in [1.54, 1.807) is 0 Å². The predicted molar refractivity (Wildman–Crippen MR) is 29.5 cm³/mol. The summed E-state index contributed by atoms with van der Waals surface area (Å²) in [6.45, 7) is 0. The van der Waals surface area contributed by atoms with Crippen LogP contribution < -0.4 is 11.6 Å². The molecule has 1 rings (SSSR count). The van der Waals surface area contributed by atoms with Gasteiger partial charge in [-0.05, 0) is 0 Å². The zero-order chi connectivity index (χ0) is 6.85. The van der Waals surface area contributed by atoms with E-state index < -0.39 is 7.12 Å². The lowest BCUT2D eigenvalue weighted by atomic mass is 9.93. The standard InChI is InChI=1S/C2H2B2N2O3/c3-1-5-6-2(9-1)4(7)8/h7-8H. The number of hydrogen-bond donors (Lipinski definition) is 2. The molecule has 0 spiro atoms. The van der Waals surface area contributed by atoms with Gasteiger partial charge in [0.2, 0.25) is 5.79 Å². The van der Waals surface area contributed by atoms with Gasteiger partial charge < -0.3 is 14.5 Å².